The van der Waals surface area contributed by atoms with Gasteiger partial charge in [-0.05, 0) is 71.1 Å². The number of aliphatic hydroxyl groups excluding tert-OH is 2. The molecule has 0 aliphatic heterocycles. The summed E-state index contributed by atoms with van der Waals surface area (Å²) in [5, 5.41) is 31.3. The van der Waals surface area contributed by atoms with Gasteiger partial charge < -0.3 is 25.6 Å². The molecule has 2 fully saturated rings. The largest absolute Gasteiger partial charge is 0.459 e. The van der Waals surface area contributed by atoms with E-state index in [0.717, 1.165) is 44.9 Å². The van der Waals surface area contributed by atoms with Gasteiger partial charge in [0.2, 0.25) is 11.8 Å². The zero-order valence-corrected chi connectivity index (χ0v) is 28.3. The summed E-state index contributed by atoms with van der Waals surface area (Å²) in [5.74, 6) is -0.650. The van der Waals surface area contributed by atoms with Crippen molar-refractivity contribution in [3.05, 3.63) is 0 Å². The minimum absolute atomic E-state index is 0.168. The second kappa shape index (κ2) is 17.1. The Morgan fingerprint density at radius 3 is 2.00 bits per heavy atom. The van der Waals surface area contributed by atoms with Crippen LogP contribution in [0.4, 0.5) is 0 Å². The highest BCUT2D eigenvalue weighted by Crippen LogP contribution is 2.32. The van der Waals surface area contributed by atoms with Crippen LogP contribution < -0.4 is 16.0 Å². The van der Waals surface area contributed by atoms with Crippen LogP contribution in [0, 0.1) is 17.8 Å². The summed E-state index contributed by atoms with van der Waals surface area (Å²) in [4.78, 5) is 40.7. The Morgan fingerprint density at radius 2 is 1.47 bits per heavy atom. The Kier molecular flexibility index (Phi) is 14.9. The number of nitrogens with one attached hydrogen (secondary N) is 3. The number of rotatable bonds is 15. The first-order valence-corrected chi connectivity index (χ1v) is 17.1. The lowest BCUT2D eigenvalue weighted by Gasteiger charge is -2.40. The lowest BCUT2D eigenvalue weighted by atomic mass is 9.81. The fourth-order valence-corrected chi connectivity index (χ4v) is 6.63. The smallest absolute Gasteiger partial charge is 0.326 e. The summed E-state index contributed by atoms with van der Waals surface area (Å²) < 4.78 is 5.77. The first-order valence-electron chi connectivity index (χ1n) is 17.1. The maximum atomic E-state index is 13.8. The molecule has 250 valence electrons. The van der Waals surface area contributed by atoms with Crippen molar-refractivity contribution >= 4 is 17.8 Å². The summed E-state index contributed by atoms with van der Waals surface area (Å²) in [6.07, 6.45) is 9.17. The predicted octanol–water partition coefficient (Wildman–Crippen LogP) is 4.76. The lowest BCUT2D eigenvalue weighted by Crippen LogP contribution is -2.63. The second-order valence-electron chi connectivity index (χ2n) is 14.9. The maximum absolute atomic E-state index is 13.8. The predicted molar refractivity (Wildman–Crippen MR) is 170 cm³/mol. The molecule has 0 radical (unpaired) electrons. The van der Waals surface area contributed by atoms with Crippen LogP contribution in [-0.4, -0.2) is 69.5 Å². The summed E-state index contributed by atoms with van der Waals surface area (Å²) in [6, 6.07) is -2.17. The fraction of sp³-hybridized carbons (Fsp3) is 0.912. The van der Waals surface area contributed by atoms with Crippen LogP contribution >= 0.6 is 0 Å². The average molecular weight is 610 g/mol. The number of amides is 2. The molecule has 2 saturated carbocycles. The molecule has 0 saturated heterocycles. The lowest BCUT2D eigenvalue weighted by molar-refractivity contribution is -0.165. The number of carbonyl (C=O) groups excluding carboxylic acids is 3. The van der Waals surface area contributed by atoms with E-state index in [2.05, 4.69) is 16.0 Å². The van der Waals surface area contributed by atoms with Gasteiger partial charge in [-0.25, -0.2) is 0 Å². The molecular formula is C34H63N3O6. The molecule has 0 aromatic rings. The van der Waals surface area contributed by atoms with Gasteiger partial charge in [0.25, 0.3) is 0 Å². The third-order valence-electron chi connectivity index (χ3n) is 9.34. The van der Waals surface area contributed by atoms with E-state index in [4.69, 9.17) is 4.74 Å². The summed E-state index contributed by atoms with van der Waals surface area (Å²) >= 11 is 0. The van der Waals surface area contributed by atoms with E-state index in [1.54, 1.807) is 6.92 Å². The van der Waals surface area contributed by atoms with E-state index in [0.29, 0.717) is 38.0 Å². The fourth-order valence-electron chi connectivity index (χ4n) is 6.63. The minimum atomic E-state index is -1.10. The molecule has 9 heteroatoms. The molecule has 6 atom stereocenters. The van der Waals surface area contributed by atoms with E-state index >= 15 is 0 Å². The van der Waals surface area contributed by atoms with Crippen LogP contribution in [0.2, 0.25) is 0 Å². The Labute approximate surface area is 261 Å². The molecular weight excluding hydrogens is 546 g/mol. The van der Waals surface area contributed by atoms with Crippen LogP contribution in [0.5, 0.6) is 0 Å². The first-order chi connectivity index (χ1) is 20.1. The molecule has 5 N–H and O–H groups in total. The molecule has 0 aromatic carbocycles. The molecule has 9 nitrogen and oxygen atoms in total. The van der Waals surface area contributed by atoms with Crippen molar-refractivity contribution in [1.82, 2.24) is 16.0 Å². The molecule has 2 aliphatic carbocycles. The van der Waals surface area contributed by atoms with Crippen LogP contribution in [0.1, 0.15) is 139 Å². The van der Waals surface area contributed by atoms with Crippen molar-refractivity contribution < 1.29 is 29.3 Å². The molecule has 0 spiro atoms. The Morgan fingerprint density at radius 1 is 0.884 bits per heavy atom. The number of ether oxygens (including phenoxy) is 1. The van der Waals surface area contributed by atoms with Crippen LogP contribution in [0.3, 0.4) is 0 Å². The average Bonchev–Trinajstić information content (AvgIpc) is 2.94. The highest BCUT2D eigenvalue weighted by atomic mass is 16.6. The maximum Gasteiger partial charge on any atom is 0.326 e. The van der Waals surface area contributed by atoms with Gasteiger partial charge in [0.15, 0.2) is 0 Å². The number of hydrogen-bond donors (Lipinski definition) is 5. The van der Waals surface area contributed by atoms with Gasteiger partial charge in [-0.15, -0.1) is 0 Å². The van der Waals surface area contributed by atoms with Crippen molar-refractivity contribution in [2.75, 3.05) is 0 Å². The van der Waals surface area contributed by atoms with Gasteiger partial charge in [0.05, 0.1) is 18.2 Å². The third-order valence-corrected chi connectivity index (χ3v) is 9.34. The molecule has 0 aromatic heterocycles. The quantitative estimate of drug-likeness (QED) is 0.169. The summed E-state index contributed by atoms with van der Waals surface area (Å²) in [5.41, 5.74) is -1.59. The zero-order valence-electron chi connectivity index (χ0n) is 28.3. The van der Waals surface area contributed by atoms with Crippen molar-refractivity contribution in [2.24, 2.45) is 17.8 Å². The van der Waals surface area contributed by atoms with Crippen LogP contribution in [0.25, 0.3) is 0 Å². The van der Waals surface area contributed by atoms with Gasteiger partial charge in [-0.3, -0.25) is 19.7 Å². The van der Waals surface area contributed by atoms with E-state index in [1.807, 2.05) is 48.5 Å². The Hall–Kier alpha value is -1.71. The molecule has 2 amide bonds. The Bertz CT molecular complexity index is 876. The SMILES string of the molecule is CCC(C)C(NC(=O)C(C)NC1(C(=O)OC(C)(C)C)CCCCC1)C(=O)N[C@@H](CC1CCCCC1)[C@@H](O)[C@@H](O)CC(C)C. The third kappa shape index (κ3) is 12.0. The van der Waals surface area contributed by atoms with Gasteiger partial charge in [-0.2, -0.15) is 0 Å². The molecule has 0 heterocycles. The normalized spacial score (nSPS) is 22.1. The van der Waals surface area contributed by atoms with Gasteiger partial charge in [-0.1, -0.05) is 85.5 Å². The second-order valence-corrected chi connectivity index (χ2v) is 14.9. The van der Waals surface area contributed by atoms with Crippen molar-refractivity contribution in [3.63, 3.8) is 0 Å². The van der Waals surface area contributed by atoms with Gasteiger partial charge in [0, 0.05) is 0 Å². The first kappa shape index (κ1) is 37.5. The molecule has 2 rings (SSSR count). The summed E-state index contributed by atoms with van der Waals surface area (Å²) in [6.45, 7) is 15.1. The highest BCUT2D eigenvalue weighted by molar-refractivity contribution is 5.91. The molecule has 0 bridgehead atoms. The van der Waals surface area contributed by atoms with Crippen molar-refractivity contribution in [1.29, 1.82) is 0 Å². The van der Waals surface area contributed by atoms with Crippen molar-refractivity contribution in [3.8, 4) is 0 Å². The topological polar surface area (TPSA) is 137 Å². The molecule has 2 aliphatic rings. The van der Waals surface area contributed by atoms with Crippen LogP contribution in [-0.2, 0) is 19.1 Å². The van der Waals surface area contributed by atoms with E-state index in [-0.39, 0.29) is 29.6 Å². The highest BCUT2D eigenvalue weighted by Gasteiger charge is 2.44. The van der Waals surface area contributed by atoms with E-state index < -0.39 is 41.5 Å². The monoisotopic (exact) mass is 609 g/mol. The summed E-state index contributed by atoms with van der Waals surface area (Å²) in [7, 11) is 0. The molecule has 3 unspecified atom stereocenters. The van der Waals surface area contributed by atoms with E-state index in [1.165, 1.54) is 6.42 Å². The standard InChI is InChI=1S/C34H63N3O6/c1-9-23(4)28(31(41)35-26(21-25-16-12-10-13-17-25)29(39)27(38)20-22(2)3)36-30(40)24(5)37-34(18-14-11-15-19-34)32(42)43-33(6,7)8/h22-29,37-39H,9-21H2,1-8H3,(H,35,41)(H,36,40)/t23?,24?,26-,27-,28?,29+/m0/s1. The number of carbonyl (C=O) groups is 3. The van der Waals surface area contributed by atoms with Gasteiger partial charge in [0.1, 0.15) is 23.3 Å². The minimum Gasteiger partial charge on any atom is -0.459 e. The zero-order chi connectivity index (χ0) is 32.4. The van der Waals surface area contributed by atoms with Gasteiger partial charge >= 0.3 is 5.97 Å². The number of esters is 1. The molecule has 43 heavy (non-hydrogen) atoms. The van der Waals surface area contributed by atoms with E-state index in [9.17, 15) is 24.6 Å². The number of aliphatic hydroxyl groups is 2. The Balaban J connectivity index is 2.19. The van der Waals surface area contributed by atoms with Crippen LogP contribution in [0.15, 0.2) is 0 Å². The number of hydrogen-bond acceptors (Lipinski definition) is 7. The van der Waals surface area contributed by atoms with Crippen molar-refractivity contribution in [2.45, 2.75) is 180 Å².